The third kappa shape index (κ3) is 2.74. The maximum atomic E-state index is 4.32. The molecule has 0 aliphatic rings. The number of aryl methyl sites for hydroxylation is 3. The summed E-state index contributed by atoms with van der Waals surface area (Å²) in [5.74, 6) is 0. The van der Waals surface area contributed by atoms with Crippen LogP contribution < -0.4 is 5.32 Å². The summed E-state index contributed by atoms with van der Waals surface area (Å²) < 4.78 is 3.92. The predicted molar refractivity (Wildman–Crippen MR) is 66.4 cm³/mol. The van der Waals surface area contributed by atoms with Crippen LogP contribution in [0.5, 0.6) is 0 Å². The Morgan fingerprint density at radius 2 is 2.06 bits per heavy atom. The standard InChI is InChI=1S/C12H19N5/c1-4-17-11(5-6-14-17)8-13-9-12-7-10(2)15-16(12)3/h5-7,13H,4,8-9H2,1-3H3. The molecule has 0 saturated heterocycles. The van der Waals surface area contributed by atoms with Crippen molar-refractivity contribution in [3.05, 3.63) is 35.4 Å². The molecule has 5 heteroatoms. The van der Waals surface area contributed by atoms with Gasteiger partial charge in [0.05, 0.1) is 17.1 Å². The predicted octanol–water partition coefficient (Wildman–Crippen LogP) is 1.23. The minimum absolute atomic E-state index is 0.826. The molecule has 2 aromatic heterocycles. The Labute approximate surface area is 101 Å². The second-order valence-corrected chi connectivity index (χ2v) is 4.14. The van der Waals surface area contributed by atoms with Crippen molar-refractivity contribution < 1.29 is 0 Å². The second-order valence-electron chi connectivity index (χ2n) is 4.14. The van der Waals surface area contributed by atoms with Crippen LogP contribution in [0.25, 0.3) is 0 Å². The Hall–Kier alpha value is -1.62. The molecule has 1 N–H and O–H groups in total. The number of nitrogens with one attached hydrogen (secondary N) is 1. The number of nitrogens with zero attached hydrogens (tertiary/aromatic N) is 4. The Bertz CT molecular complexity index is 483. The van der Waals surface area contributed by atoms with Gasteiger partial charge in [-0.25, -0.2) is 0 Å². The van der Waals surface area contributed by atoms with E-state index in [0.29, 0.717) is 0 Å². The van der Waals surface area contributed by atoms with Gasteiger partial charge in [0.2, 0.25) is 0 Å². The summed E-state index contributed by atoms with van der Waals surface area (Å²) in [4.78, 5) is 0. The summed E-state index contributed by atoms with van der Waals surface area (Å²) in [6.07, 6.45) is 1.84. The Morgan fingerprint density at radius 3 is 2.71 bits per heavy atom. The number of hydrogen-bond donors (Lipinski definition) is 1. The number of rotatable bonds is 5. The topological polar surface area (TPSA) is 47.7 Å². The summed E-state index contributed by atoms with van der Waals surface area (Å²) in [5, 5.41) is 12.0. The van der Waals surface area contributed by atoms with E-state index in [1.54, 1.807) is 0 Å². The molecule has 17 heavy (non-hydrogen) atoms. The molecule has 0 saturated carbocycles. The second kappa shape index (κ2) is 5.14. The van der Waals surface area contributed by atoms with Gasteiger partial charge < -0.3 is 5.32 Å². The van der Waals surface area contributed by atoms with Crippen LogP contribution in [-0.2, 0) is 26.7 Å². The highest BCUT2D eigenvalue weighted by Gasteiger charge is 2.03. The van der Waals surface area contributed by atoms with Crippen LogP contribution in [0.2, 0.25) is 0 Å². The largest absolute Gasteiger partial charge is 0.306 e. The number of hydrogen-bond acceptors (Lipinski definition) is 3. The van der Waals surface area contributed by atoms with Crippen molar-refractivity contribution in [3.63, 3.8) is 0 Å². The van der Waals surface area contributed by atoms with E-state index in [0.717, 1.165) is 25.3 Å². The maximum absolute atomic E-state index is 4.32. The van der Waals surface area contributed by atoms with E-state index in [1.807, 2.05) is 35.6 Å². The van der Waals surface area contributed by atoms with E-state index < -0.39 is 0 Å². The molecule has 0 aliphatic carbocycles. The molecule has 2 aromatic rings. The molecule has 2 rings (SSSR count). The van der Waals surface area contributed by atoms with Gasteiger partial charge in [-0.15, -0.1) is 0 Å². The van der Waals surface area contributed by atoms with E-state index >= 15 is 0 Å². The minimum Gasteiger partial charge on any atom is -0.306 e. The van der Waals surface area contributed by atoms with Gasteiger partial charge in [-0.2, -0.15) is 10.2 Å². The molecule has 0 aromatic carbocycles. The van der Waals surface area contributed by atoms with Crippen LogP contribution in [0.3, 0.4) is 0 Å². The van der Waals surface area contributed by atoms with Crippen molar-refractivity contribution in [2.24, 2.45) is 7.05 Å². The molecular weight excluding hydrogens is 214 g/mol. The first kappa shape index (κ1) is 11.9. The summed E-state index contributed by atoms with van der Waals surface area (Å²) in [7, 11) is 1.97. The fraction of sp³-hybridized carbons (Fsp3) is 0.500. The van der Waals surface area contributed by atoms with Crippen LogP contribution in [0.15, 0.2) is 18.3 Å². The molecule has 0 unspecified atom stereocenters. The van der Waals surface area contributed by atoms with E-state index in [-0.39, 0.29) is 0 Å². The zero-order valence-electron chi connectivity index (χ0n) is 10.6. The quantitative estimate of drug-likeness (QED) is 0.845. The highest BCUT2D eigenvalue weighted by Crippen LogP contribution is 2.03. The van der Waals surface area contributed by atoms with Gasteiger partial charge >= 0.3 is 0 Å². The maximum Gasteiger partial charge on any atom is 0.0597 e. The molecule has 0 atom stereocenters. The van der Waals surface area contributed by atoms with Crippen LogP contribution >= 0.6 is 0 Å². The van der Waals surface area contributed by atoms with E-state index in [1.165, 1.54) is 11.4 Å². The Kier molecular flexibility index (Phi) is 3.58. The monoisotopic (exact) mass is 233 g/mol. The molecule has 0 aliphatic heterocycles. The van der Waals surface area contributed by atoms with E-state index in [2.05, 4.69) is 28.5 Å². The molecule has 92 valence electrons. The molecule has 0 radical (unpaired) electrons. The molecule has 0 amide bonds. The molecular formula is C12H19N5. The molecule has 0 spiro atoms. The molecule has 2 heterocycles. The highest BCUT2D eigenvalue weighted by molar-refractivity contribution is 5.08. The third-order valence-corrected chi connectivity index (χ3v) is 2.82. The number of aromatic nitrogens is 4. The van der Waals surface area contributed by atoms with Gasteiger partial charge in [0.1, 0.15) is 0 Å². The summed E-state index contributed by atoms with van der Waals surface area (Å²) in [5.41, 5.74) is 3.47. The first-order valence-corrected chi connectivity index (χ1v) is 5.91. The highest BCUT2D eigenvalue weighted by atomic mass is 15.3. The fourth-order valence-corrected chi connectivity index (χ4v) is 1.94. The lowest BCUT2D eigenvalue weighted by Gasteiger charge is -2.06. The van der Waals surface area contributed by atoms with Gasteiger partial charge in [-0.1, -0.05) is 0 Å². The minimum atomic E-state index is 0.826. The van der Waals surface area contributed by atoms with Gasteiger partial charge in [-0.3, -0.25) is 9.36 Å². The lowest BCUT2D eigenvalue weighted by molar-refractivity contribution is 0.567. The lowest BCUT2D eigenvalue weighted by atomic mass is 10.3. The van der Waals surface area contributed by atoms with Gasteiger partial charge in [-0.05, 0) is 26.0 Å². The van der Waals surface area contributed by atoms with Crippen molar-refractivity contribution in [2.75, 3.05) is 0 Å². The zero-order chi connectivity index (χ0) is 12.3. The summed E-state index contributed by atoms with van der Waals surface area (Å²) in [6, 6.07) is 4.15. The Morgan fingerprint density at radius 1 is 1.29 bits per heavy atom. The van der Waals surface area contributed by atoms with Crippen molar-refractivity contribution in [1.82, 2.24) is 24.9 Å². The normalized spacial score (nSPS) is 11.0. The first-order chi connectivity index (χ1) is 8.20. The van der Waals surface area contributed by atoms with Gasteiger partial charge in [0.15, 0.2) is 0 Å². The average Bonchev–Trinajstić information content (AvgIpc) is 2.86. The van der Waals surface area contributed by atoms with Gasteiger partial charge in [0, 0.05) is 32.9 Å². The lowest BCUT2D eigenvalue weighted by Crippen LogP contribution is -2.17. The van der Waals surface area contributed by atoms with Crippen LogP contribution in [0.1, 0.15) is 24.0 Å². The first-order valence-electron chi connectivity index (χ1n) is 5.91. The third-order valence-electron chi connectivity index (χ3n) is 2.82. The van der Waals surface area contributed by atoms with E-state index in [4.69, 9.17) is 0 Å². The van der Waals surface area contributed by atoms with Crippen LogP contribution in [-0.4, -0.2) is 19.6 Å². The van der Waals surface area contributed by atoms with Crippen molar-refractivity contribution in [1.29, 1.82) is 0 Å². The van der Waals surface area contributed by atoms with Crippen molar-refractivity contribution >= 4 is 0 Å². The van der Waals surface area contributed by atoms with E-state index in [9.17, 15) is 0 Å². The molecule has 0 bridgehead atoms. The Balaban J connectivity index is 1.89. The molecule has 5 nitrogen and oxygen atoms in total. The van der Waals surface area contributed by atoms with Crippen molar-refractivity contribution in [2.45, 2.75) is 33.5 Å². The average molecular weight is 233 g/mol. The van der Waals surface area contributed by atoms with Crippen molar-refractivity contribution in [3.8, 4) is 0 Å². The summed E-state index contributed by atoms with van der Waals surface area (Å²) >= 11 is 0. The van der Waals surface area contributed by atoms with Gasteiger partial charge in [0.25, 0.3) is 0 Å². The molecule has 0 fully saturated rings. The smallest absolute Gasteiger partial charge is 0.0597 e. The zero-order valence-corrected chi connectivity index (χ0v) is 10.6. The fourth-order valence-electron chi connectivity index (χ4n) is 1.94. The SMILES string of the molecule is CCn1nccc1CNCc1cc(C)nn1C. The van der Waals surface area contributed by atoms with Crippen LogP contribution in [0, 0.1) is 6.92 Å². The summed E-state index contributed by atoms with van der Waals surface area (Å²) in [6.45, 7) is 6.68. The van der Waals surface area contributed by atoms with Crippen LogP contribution in [0.4, 0.5) is 0 Å².